The van der Waals surface area contributed by atoms with Crippen LogP contribution in [0.2, 0.25) is 0 Å². The highest BCUT2D eigenvalue weighted by molar-refractivity contribution is 7.75. The Kier molecular flexibility index (Phi) is 10.6. The number of carbonyl (C=O) groups is 2. The summed E-state index contributed by atoms with van der Waals surface area (Å²) < 4.78 is 25.8. The van der Waals surface area contributed by atoms with Crippen molar-refractivity contribution >= 4 is 51.4 Å². The van der Waals surface area contributed by atoms with E-state index in [1.54, 1.807) is 48.7 Å². The van der Waals surface area contributed by atoms with Crippen molar-refractivity contribution in [2.75, 3.05) is 23.8 Å². The fourth-order valence-corrected chi connectivity index (χ4v) is 4.73. The first-order valence-electron chi connectivity index (χ1n) is 12.2. The highest BCUT2D eigenvalue weighted by Crippen LogP contribution is 2.31. The number of nitrogens with zero attached hydrogens (tertiary/aromatic N) is 3. The quantitative estimate of drug-likeness (QED) is 0.146. The van der Waals surface area contributed by atoms with Gasteiger partial charge in [0, 0.05) is 34.6 Å². The van der Waals surface area contributed by atoms with Crippen LogP contribution in [0.4, 0.5) is 22.2 Å². The van der Waals surface area contributed by atoms with Gasteiger partial charge in [0.25, 0.3) is 0 Å². The van der Waals surface area contributed by atoms with Crippen LogP contribution in [0.5, 0.6) is 0 Å². The second-order valence-corrected chi connectivity index (χ2v) is 11.4. The topological polar surface area (TPSA) is 132 Å². The first-order chi connectivity index (χ1) is 18.1. The van der Waals surface area contributed by atoms with Crippen LogP contribution in [0, 0.1) is 0 Å². The summed E-state index contributed by atoms with van der Waals surface area (Å²) in [6.07, 6.45) is 2.74. The number of aromatic nitrogens is 2. The number of nitrogens with one attached hydrogen (secondary N) is 2. The molecule has 1 aromatic carbocycles. The molecule has 0 saturated heterocycles. The van der Waals surface area contributed by atoms with Crippen molar-refractivity contribution in [3.8, 4) is 10.4 Å². The average Bonchev–Trinajstić information content (AvgIpc) is 3.38. The van der Waals surface area contributed by atoms with Gasteiger partial charge in [-0.2, -0.15) is 4.98 Å². The van der Waals surface area contributed by atoms with Crippen molar-refractivity contribution in [1.82, 2.24) is 9.97 Å². The molecule has 0 saturated carbocycles. The standard InChI is InChI=1S/C26H33N5O5S2/c1-5-35-25(33)31-38(34)19-13-11-18(12-14-19)29-24-28-17-20(21-9-8-16-37-21)23(30-24)27-15-7-6-10-22(32)36-26(2,3)4/h8-9,11-14,16-17,38H,5-7,10,15H2,1-4H3,(H2,27,28,29,30). The van der Waals surface area contributed by atoms with Crippen LogP contribution < -0.4 is 10.6 Å². The molecule has 0 aliphatic heterocycles. The van der Waals surface area contributed by atoms with E-state index in [4.69, 9.17) is 9.47 Å². The molecule has 0 aliphatic carbocycles. The summed E-state index contributed by atoms with van der Waals surface area (Å²) in [7, 11) is -2.25. The Hall–Kier alpha value is -3.51. The Morgan fingerprint density at radius 3 is 2.55 bits per heavy atom. The number of ether oxygens (including phenoxy) is 2. The number of carbonyl (C=O) groups excluding carboxylic acids is 2. The number of benzene rings is 1. The van der Waals surface area contributed by atoms with Crippen LogP contribution in [-0.4, -0.2) is 45.0 Å². The fourth-order valence-electron chi connectivity index (χ4n) is 3.27. The summed E-state index contributed by atoms with van der Waals surface area (Å²) in [6.45, 7) is 8.03. The maximum absolute atomic E-state index is 12.2. The van der Waals surface area contributed by atoms with Crippen molar-refractivity contribution in [2.24, 2.45) is 4.36 Å². The first kappa shape index (κ1) is 29.1. The zero-order chi connectivity index (χ0) is 27.5. The lowest BCUT2D eigenvalue weighted by Crippen LogP contribution is -2.23. The lowest BCUT2D eigenvalue weighted by molar-refractivity contribution is -0.154. The van der Waals surface area contributed by atoms with Crippen LogP contribution in [0.1, 0.15) is 47.0 Å². The summed E-state index contributed by atoms with van der Waals surface area (Å²) in [5.41, 5.74) is 1.08. The van der Waals surface area contributed by atoms with E-state index in [9.17, 15) is 13.8 Å². The van der Waals surface area contributed by atoms with Crippen molar-refractivity contribution < 1.29 is 23.3 Å². The Balaban J connectivity index is 1.65. The molecule has 0 bridgehead atoms. The number of hydrogen-bond acceptors (Lipinski definition) is 10. The number of thiol groups is 1. The summed E-state index contributed by atoms with van der Waals surface area (Å²) in [4.78, 5) is 33.9. The average molecular weight is 560 g/mol. The minimum absolute atomic E-state index is 0.169. The zero-order valence-electron chi connectivity index (χ0n) is 21.9. The number of rotatable bonds is 11. The Labute approximate surface area is 228 Å². The maximum atomic E-state index is 12.2. The monoisotopic (exact) mass is 559 g/mol. The normalized spacial score (nSPS) is 12.1. The minimum Gasteiger partial charge on any atom is -0.460 e. The molecule has 0 fully saturated rings. The molecule has 0 spiro atoms. The van der Waals surface area contributed by atoms with E-state index in [1.165, 1.54) is 0 Å². The van der Waals surface area contributed by atoms with E-state index < -0.39 is 22.3 Å². The molecule has 0 radical (unpaired) electrons. The van der Waals surface area contributed by atoms with Gasteiger partial charge < -0.3 is 20.1 Å². The molecule has 2 aromatic heterocycles. The summed E-state index contributed by atoms with van der Waals surface area (Å²) in [5.74, 6) is 0.862. The molecular weight excluding hydrogens is 526 g/mol. The molecule has 3 aromatic rings. The van der Waals surface area contributed by atoms with Crippen LogP contribution in [0.25, 0.3) is 10.4 Å². The molecule has 38 heavy (non-hydrogen) atoms. The highest BCUT2D eigenvalue weighted by Gasteiger charge is 2.16. The number of thiophene rings is 1. The van der Waals surface area contributed by atoms with E-state index in [1.807, 2.05) is 38.3 Å². The van der Waals surface area contributed by atoms with Crippen LogP contribution in [-0.2, 0) is 24.9 Å². The van der Waals surface area contributed by atoms with Gasteiger partial charge in [-0.25, -0.2) is 14.0 Å². The molecule has 1 atom stereocenters. The molecule has 3 rings (SSSR count). The molecule has 204 valence electrons. The third-order valence-corrected chi connectivity index (χ3v) is 6.87. The van der Waals surface area contributed by atoms with Gasteiger partial charge in [0.2, 0.25) is 5.95 Å². The van der Waals surface area contributed by atoms with E-state index in [2.05, 4.69) is 25.0 Å². The lowest BCUT2D eigenvalue weighted by Gasteiger charge is -2.19. The largest absolute Gasteiger partial charge is 0.460 e. The SMILES string of the molecule is CCOC(=O)N=[SH](=O)c1ccc(Nc2ncc(-c3cccs3)c(NCCCCC(=O)OC(C)(C)C)n2)cc1. The van der Waals surface area contributed by atoms with E-state index in [0.29, 0.717) is 41.7 Å². The van der Waals surface area contributed by atoms with Crippen LogP contribution in [0.15, 0.2) is 57.2 Å². The van der Waals surface area contributed by atoms with Crippen molar-refractivity contribution in [3.63, 3.8) is 0 Å². The predicted molar refractivity (Wildman–Crippen MR) is 151 cm³/mol. The number of unbranched alkanes of at least 4 members (excludes halogenated alkanes) is 1. The summed E-state index contributed by atoms with van der Waals surface area (Å²) >= 11 is 1.59. The summed E-state index contributed by atoms with van der Waals surface area (Å²) in [6, 6.07) is 10.6. The number of esters is 1. The van der Waals surface area contributed by atoms with Gasteiger partial charge in [0.05, 0.1) is 22.8 Å². The van der Waals surface area contributed by atoms with E-state index in [-0.39, 0.29) is 12.6 Å². The molecule has 12 heteroatoms. The third-order valence-electron chi connectivity index (χ3n) is 4.88. The smallest absolute Gasteiger partial charge is 0.441 e. The fraction of sp³-hybridized carbons (Fsp3) is 0.385. The van der Waals surface area contributed by atoms with Crippen molar-refractivity contribution in [1.29, 1.82) is 0 Å². The Bertz CT molecular complexity index is 1300. The predicted octanol–water partition coefficient (Wildman–Crippen LogP) is 6.05. The van der Waals surface area contributed by atoms with E-state index in [0.717, 1.165) is 16.9 Å². The summed E-state index contributed by atoms with van der Waals surface area (Å²) in [5, 5.41) is 8.51. The maximum Gasteiger partial charge on any atom is 0.441 e. The molecule has 0 aliphatic rings. The number of hydrogen-bond donors (Lipinski definition) is 3. The Morgan fingerprint density at radius 1 is 1.13 bits per heavy atom. The van der Waals surface area contributed by atoms with Gasteiger partial charge in [-0.05, 0) is 76.2 Å². The zero-order valence-corrected chi connectivity index (χ0v) is 23.6. The second-order valence-electron chi connectivity index (χ2n) is 9.15. The van der Waals surface area contributed by atoms with Crippen LogP contribution in [0.3, 0.4) is 0 Å². The molecule has 10 nitrogen and oxygen atoms in total. The van der Waals surface area contributed by atoms with Crippen molar-refractivity contribution in [2.45, 2.75) is 57.5 Å². The molecule has 2 N–H and O–H groups in total. The lowest BCUT2D eigenvalue weighted by atomic mass is 10.2. The van der Waals surface area contributed by atoms with Gasteiger partial charge in [-0.1, -0.05) is 6.07 Å². The van der Waals surface area contributed by atoms with Gasteiger partial charge in [-0.15, -0.1) is 15.7 Å². The second kappa shape index (κ2) is 13.9. The van der Waals surface area contributed by atoms with Gasteiger partial charge in [0.1, 0.15) is 11.4 Å². The highest BCUT2D eigenvalue weighted by atomic mass is 32.2. The van der Waals surface area contributed by atoms with Gasteiger partial charge in [-0.3, -0.25) is 4.79 Å². The van der Waals surface area contributed by atoms with Crippen molar-refractivity contribution in [3.05, 3.63) is 48.0 Å². The number of amides is 1. The minimum atomic E-state index is -2.25. The first-order valence-corrected chi connectivity index (χ1v) is 14.3. The van der Waals surface area contributed by atoms with Gasteiger partial charge >= 0.3 is 12.1 Å². The Morgan fingerprint density at radius 2 is 1.89 bits per heavy atom. The molecular formula is C26H33N5O5S2. The molecule has 1 amide bonds. The molecule has 1 unspecified atom stereocenters. The number of anilines is 3. The van der Waals surface area contributed by atoms with Gasteiger partial charge in [0.15, 0.2) is 0 Å². The molecule has 2 heterocycles. The third kappa shape index (κ3) is 9.42. The van der Waals surface area contributed by atoms with Crippen LogP contribution >= 0.6 is 11.3 Å². The van der Waals surface area contributed by atoms with E-state index >= 15 is 0 Å².